The van der Waals surface area contributed by atoms with Crippen molar-refractivity contribution in [3.8, 4) is 0 Å². The van der Waals surface area contributed by atoms with E-state index in [2.05, 4.69) is 31.2 Å². The van der Waals surface area contributed by atoms with Gasteiger partial charge in [-0.3, -0.25) is 0 Å². The molecule has 1 radical (unpaired) electrons. The first kappa shape index (κ1) is 14.0. The van der Waals surface area contributed by atoms with E-state index < -0.39 is 0 Å². The number of rotatable bonds is 9. The second-order valence-corrected chi connectivity index (χ2v) is 4.77. The standard InChI is InChI=1S/C17H25/c1-3-5-6-7-8-9-11-17-14-12-16(10-4-2)13-15-17/h2,4,12-15H,3,5-11H2,1H3. The molecule has 0 atom stereocenters. The zero-order valence-electron chi connectivity index (χ0n) is 11.1. The first-order valence-electron chi connectivity index (χ1n) is 6.98. The number of aryl methyl sites for hydroxylation is 1. The molecule has 0 aliphatic carbocycles. The highest BCUT2D eigenvalue weighted by Gasteiger charge is 1.95. The average Bonchev–Trinajstić information content (AvgIpc) is 2.36. The van der Waals surface area contributed by atoms with E-state index in [1.54, 1.807) is 6.08 Å². The number of unbranched alkanes of at least 4 members (excludes halogenated alkanes) is 5. The van der Waals surface area contributed by atoms with Crippen molar-refractivity contribution in [2.24, 2.45) is 0 Å². The van der Waals surface area contributed by atoms with Gasteiger partial charge in [-0.2, -0.15) is 0 Å². The largest absolute Gasteiger partial charge is 0.0801 e. The zero-order valence-corrected chi connectivity index (χ0v) is 11.1. The molecule has 0 nitrogen and oxygen atoms in total. The first-order valence-corrected chi connectivity index (χ1v) is 6.98. The van der Waals surface area contributed by atoms with Crippen molar-refractivity contribution in [1.29, 1.82) is 0 Å². The molecular weight excluding hydrogens is 204 g/mol. The summed E-state index contributed by atoms with van der Waals surface area (Å²) < 4.78 is 0. The Hall–Kier alpha value is -1.04. The van der Waals surface area contributed by atoms with Gasteiger partial charge in [0.15, 0.2) is 0 Å². The third kappa shape index (κ3) is 6.31. The Bertz CT molecular complexity index is 294. The van der Waals surface area contributed by atoms with Crippen LogP contribution in [0.4, 0.5) is 0 Å². The molecule has 1 aromatic rings. The van der Waals surface area contributed by atoms with Gasteiger partial charge >= 0.3 is 0 Å². The molecule has 0 amide bonds. The van der Waals surface area contributed by atoms with E-state index in [0.29, 0.717) is 0 Å². The van der Waals surface area contributed by atoms with Gasteiger partial charge in [0, 0.05) is 0 Å². The quantitative estimate of drug-likeness (QED) is 0.515. The fourth-order valence-electron chi connectivity index (χ4n) is 2.09. The van der Waals surface area contributed by atoms with Crippen LogP contribution in [0.2, 0.25) is 0 Å². The van der Waals surface area contributed by atoms with Crippen LogP contribution in [-0.2, 0) is 12.8 Å². The molecule has 1 rings (SSSR count). The molecule has 93 valence electrons. The van der Waals surface area contributed by atoms with E-state index in [0.717, 1.165) is 6.42 Å². The Morgan fingerprint density at radius 1 is 0.882 bits per heavy atom. The first-order chi connectivity index (χ1) is 8.36. The van der Waals surface area contributed by atoms with E-state index in [4.69, 9.17) is 6.58 Å². The summed E-state index contributed by atoms with van der Waals surface area (Å²) in [5, 5.41) is 0. The summed E-state index contributed by atoms with van der Waals surface area (Å²) in [5.41, 5.74) is 2.76. The summed E-state index contributed by atoms with van der Waals surface area (Å²) in [7, 11) is 0. The molecule has 0 saturated carbocycles. The Balaban J connectivity index is 2.16. The molecule has 0 spiro atoms. The van der Waals surface area contributed by atoms with E-state index in [1.807, 2.05) is 0 Å². The zero-order chi connectivity index (χ0) is 12.3. The lowest BCUT2D eigenvalue weighted by Crippen LogP contribution is -1.88. The Morgan fingerprint density at radius 3 is 2.12 bits per heavy atom. The molecule has 0 bridgehead atoms. The summed E-state index contributed by atoms with van der Waals surface area (Å²) in [6.45, 7) is 7.68. The molecule has 0 aliphatic heterocycles. The van der Waals surface area contributed by atoms with Crippen molar-refractivity contribution in [1.82, 2.24) is 0 Å². The van der Waals surface area contributed by atoms with Crippen molar-refractivity contribution in [3.63, 3.8) is 0 Å². The maximum absolute atomic E-state index is 5.41. The average molecular weight is 229 g/mol. The lowest BCUT2D eigenvalue weighted by atomic mass is 10.0. The minimum Gasteiger partial charge on any atom is -0.0801 e. The van der Waals surface area contributed by atoms with Gasteiger partial charge in [0.25, 0.3) is 0 Å². The van der Waals surface area contributed by atoms with Crippen LogP contribution in [0, 0.1) is 6.58 Å². The van der Waals surface area contributed by atoms with Crippen molar-refractivity contribution in [2.45, 2.75) is 58.3 Å². The Labute approximate surface area is 107 Å². The van der Waals surface area contributed by atoms with Crippen LogP contribution in [0.3, 0.4) is 0 Å². The number of allylic oxidation sites excluding steroid dienone is 1. The van der Waals surface area contributed by atoms with E-state index >= 15 is 0 Å². The minimum atomic E-state index is 0.872. The molecule has 17 heavy (non-hydrogen) atoms. The second kappa shape index (κ2) is 9.04. The summed E-state index contributed by atoms with van der Waals surface area (Å²) in [6.07, 6.45) is 12.0. The van der Waals surface area contributed by atoms with Crippen molar-refractivity contribution < 1.29 is 0 Å². The topological polar surface area (TPSA) is 0 Å². The van der Waals surface area contributed by atoms with Crippen LogP contribution in [0.15, 0.2) is 30.3 Å². The second-order valence-electron chi connectivity index (χ2n) is 4.77. The molecule has 0 heterocycles. The van der Waals surface area contributed by atoms with E-state index in [-0.39, 0.29) is 0 Å². The molecule has 0 fully saturated rings. The smallest absolute Gasteiger partial charge is 0.00943 e. The van der Waals surface area contributed by atoms with Gasteiger partial charge in [-0.05, 0) is 30.4 Å². The number of benzene rings is 1. The molecule has 0 aliphatic rings. The van der Waals surface area contributed by atoms with Crippen molar-refractivity contribution in [3.05, 3.63) is 48.0 Å². The van der Waals surface area contributed by atoms with Gasteiger partial charge in [-0.15, -0.1) is 0 Å². The predicted molar refractivity (Wildman–Crippen MR) is 76.1 cm³/mol. The SMILES string of the molecule is [CH]=CCc1ccc(CCCCCCCC)cc1. The van der Waals surface area contributed by atoms with Crippen LogP contribution in [-0.4, -0.2) is 0 Å². The molecule has 0 aromatic heterocycles. The summed E-state index contributed by atoms with van der Waals surface area (Å²) >= 11 is 0. The van der Waals surface area contributed by atoms with Gasteiger partial charge in [-0.25, -0.2) is 0 Å². The highest BCUT2D eigenvalue weighted by atomic mass is 14.0. The highest BCUT2D eigenvalue weighted by Crippen LogP contribution is 2.11. The third-order valence-electron chi connectivity index (χ3n) is 3.20. The maximum atomic E-state index is 5.41. The van der Waals surface area contributed by atoms with Gasteiger partial charge in [0.1, 0.15) is 0 Å². The summed E-state index contributed by atoms with van der Waals surface area (Å²) in [4.78, 5) is 0. The number of hydrogen-bond donors (Lipinski definition) is 0. The van der Waals surface area contributed by atoms with Gasteiger partial charge in [0.2, 0.25) is 0 Å². The molecule has 0 N–H and O–H groups in total. The third-order valence-corrected chi connectivity index (χ3v) is 3.20. The van der Waals surface area contributed by atoms with E-state index in [9.17, 15) is 0 Å². The number of hydrogen-bond acceptors (Lipinski definition) is 0. The van der Waals surface area contributed by atoms with Gasteiger partial charge < -0.3 is 0 Å². The summed E-state index contributed by atoms with van der Waals surface area (Å²) in [6, 6.07) is 8.86. The monoisotopic (exact) mass is 229 g/mol. The minimum absolute atomic E-state index is 0.872. The normalized spacial score (nSPS) is 10.4. The maximum Gasteiger partial charge on any atom is -0.00943 e. The van der Waals surface area contributed by atoms with Crippen LogP contribution < -0.4 is 0 Å². The fourth-order valence-corrected chi connectivity index (χ4v) is 2.09. The fraction of sp³-hybridized carbons (Fsp3) is 0.529. The van der Waals surface area contributed by atoms with Gasteiger partial charge in [0.05, 0.1) is 0 Å². The van der Waals surface area contributed by atoms with Crippen LogP contribution in [0.5, 0.6) is 0 Å². The molecule has 0 unspecified atom stereocenters. The predicted octanol–water partition coefficient (Wildman–Crippen LogP) is 5.12. The molecule has 0 heteroatoms. The lowest BCUT2D eigenvalue weighted by molar-refractivity contribution is 0.607. The lowest BCUT2D eigenvalue weighted by Gasteiger charge is -2.03. The molecule has 1 aromatic carbocycles. The highest BCUT2D eigenvalue weighted by molar-refractivity contribution is 5.23. The van der Waals surface area contributed by atoms with Crippen molar-refractivity contribution >= 4 is 0 Å². The molecular formula is C17H25. The van der Waals surface area contributed by atoms with Gasteiger partial charge in [-0.1, -0.05) is 75.9 Å². The Morgan fingerprint density at radius 2 is 1.47 bits per heavy atom. The summed E-state index contributed by atoms with van der Waals surface area (Å²) in [5.74, 6) is 0. The van der Waals surface area contributed by atoms with Crippen LogP contribution >= 0.6 is 0 Å². The molecule has 0 saturated heterocycles. The van der Waals surface area contributed by atoms with Crippen LogP contribution in [0.25, 0.3) is 0 Å². The van der Waals surface area contributed by atoms with Crippen LogP contribution in [0.1, 0.15) is 56.6 Å². The Kier molecular flexibility index (Phi) is 7.46. The van der Waals surface area contributed by atoms with E-state index in [1.165, 1.54) is 56.1 Å². The van der Waals surface area contributed by atoms with Crippen molar-refractivity contribution in [2.75, 3.05) is 0 Å².